The number of allylic oxidation sites excluding steroid dienone is 1. The summed E-state index contributed by atoms with van der Waals surface area (Å²) in [5.74, 6) is 0.154. The summed E-state index contributed by atoms with van der Waals surface area (Å²) >= 11 is 4.72. The van der Waals surface area contributed by atoms with E-state index >= 15 is 0 Å². The van der Waals surface area contributed by atoms with E-state index in [2.05, 4.69) is 20.9 Å². The zero-order valence-electron chi connectivity index (χ0n) is 17.8. The highest BCUT2D eigenvalue weighted by Gasteiger charge is 2.33. The van der Waals surface area contributed by atoms with E-state index in [4.69, 9.17) is 9.47 Å². The number of aromatic nitrogens is 1. The molecule has 0 spiro atoms. The van der Waals surface area contributed by atoms with E-state index in [1.54, 1.807) is 25.5 Å². The highest BCUT2D eigenvalue weighted by Crippen LogP contribution is 2.32. The Morgan fingerprint density at radius 3 is 2.69 bits per heavy atom. The van der Waals surface area contributed by atoms with Crippen LogP contribution in [0.3, 0.4) is 0 Å². The molecule has 0 radical (unpaired) electrons. The maximum absolute atomic E-state index is 13.5. The first-order valence-electron chi connectivity index (χ1n) is 10.0. The van der Waals surface area contributed by atoms with Crippen molar-refractivity contribution in [2.45, 2.75) is 19.9 Å². The lowest BCUT2D eigenvalue weighted by atomic mass is 9.95. The van der Waals surface area contributed by atoms with Gasteiger partial charge >= 0.3 is 5.97 Å². The predicted octanol–water partition coefficient (Wildman–Crippen LogP) is 3.57. The number of methoxy groups -OCH3 is 1. The minimum atomic E-state index is -0.660. The fourth-order valence-corrected chi connectivity index (χ4v) is 4.94. The molecule has 6 nitrogen and oxygen atoms in total. The second-order valence-electron chi connectivity index (χ2n) is 7.13. The van der Waals surface area contributed by atoms with Crippen molar-refractivity contribution in [3.8, 4) is 5.75 Å². The van der Waals surface area contributed by atoms with Crippen LogP contribution in [0.1, 0.15) is 31.0 Å². The molecule has 3 aromatic rings. The fraction of sp³-hybridized carbons (Fsp3) is 0.208. The largest absolute Gasteiger partial charge is 0.497 e. The first-order chi connectivity index (χ1) is 15.4. The molecule has 2 aromatic carbocycles. The van der Waals surface area contributed by atoms with Crippen molar-refractivity contribution >= 4 is 39.3 Å². The van der Waals surface area contributed by atoms with Gasteiger partial charge in [0, 0.05) is 4.47 Å². The Morgan fingerprint density at radius 1 is 1.25 bits per heavy atom. The average molecular weight is 513 g/mol. The number of carbonyl (C=O) groups is 1. The third-order valence-electron chi connectivity index (χ3n) is 5.09. The minimum Gasteiger partial charge on any atom is -0.497 e. The van der Waals surface area contributed by atoms with Gasteiger partial charge in [-0.3, -0.25) is 9.36 Å². The van der Waals surface area contributed by atoms with Crippen LogP contribution < -0.4 is 19.6 Å². The van der Waals surface area contributed by atoms with Gasteiger partial charge in [-0.05, 0) is 55.3 Å². The topological polar surface area (TPSA) is 69.9 Å². The first kappa shape index (κ1) is 22.2. The van der Waals surface area contributed by atoms with Crippen molar-refractivity contribution in [3.05, 3.63) is 95.1 Å². The summed E-state index contributed by atoms with van der Waals surface area (Å²) in [6.07, 6.45) is 1.84. The van der Waals surface area contributed by atoms with Crippen molar-refractivity contribution in [2.24, 2.45) is 4.99 Å². The second-order valence-corrected chi connectivity index (χ2v) is 9.06. The lowest BCUT2D eigenvalue weighted by molar-refractivity contribution is -0.139. The van der Waals surface area contributed by atoms with Crippen LogP contribution in [0.4, 0.5) is 0 Å². The van der Waals surface area contributed by atoms with E-state index in [0.29, 0.717) is 26.4 Å². The van der Waals surface area contributed by atoms with Gasteiger partial charge in [-0.1, -0.05) is 51.5 Å². The maximum atomic E-state index is 13.5. The molecule has 164 valence electrons. The number of thiazole rings is 1. The van der Waals surface area contributed by atoms with E-state index in [1.165, 1.54) is 11.3 Å². The quantitative estimate of drug-likeness (QED) is 0.490. The monoisotopic (exact) mass is 512 g/mol. The van der Waals surface area contributed by atoms with E-state index in [9.17, 15) is 9.59 Å². The van der Waals surface area contributed by atoms with Gasteiger partial charge in [0.05, 0.1) is 35.6 Å². The average Bonchev–Trinajstić information content (AvgIpc) is 3.09. The minimum absolute atomic E-state index is 0.209. The number of rotatable bonds is 5. The Balaban J connectivity index is 1.96. The number of benzene rings is 2. The zero-order valence-corrected chi connectivity index (χ0v) is 20.2. The third kappa shape index (κ3) is 4.20. The SMILES string of the molecule is CCOC(=O)C1=C(C)N=c2s/c(=C/c3ccc(Br)cc3)c(=O)n2C1c1cccc(OC)c1. The molecule has 1 aliphatic rings. The van der Waals surface area contributed by atoms with Gasteiger partial charge in [0.1, 0.15) is 5.75 Å². The lowest BCUT2D eigenvalue weighted by Crippen LogP contribution is -2.39. The van der Waals surface area contributed by atoms with Crippen molar-refractivity contribution < 1.29 is 14.3 Å². The number of fused-ring (bicyclic) bond motifs is 1. The first-order valence-corrected chi connectivity index (χ1v) is 11.6. The predicted molar refractivity (Wildman–Crippen MR) is 128 cm³/mol. The molecule has 0 aliphatic carbocycles. The van der Waals surface area contributed by atoms with Gasteiger partial charge in [0.25, 0.3) is 5.56 Å². The molecule has 4 rings (SSSR count). The summed E-state index contributed by atoms with van der Waals surface area (Å²) in [7, 11) is 1.58. The van der Waals surface area contributed by atoms with E-state index in [0.717, 1.165) is 15.6 Å². The molecule has 1 atom stereocenters. The van der Waals surface area contributed by atoms with Crippen LogP contribution in [0.15, 0.2) is 74.1 Å². The molecule has 1 aliphatic heterocycles. The zero-order chi connectivity index (χ0) is 22.8. The van der Waals surface area contributed by atoms with Crippen LogP contribution in [0.25, 0.3) is 6.08 Å². The highest BCUT2D eigenvalue weighted by atomic mass is 79.9. The molecule has 32 heavy (non-hydrogen) atoms. The van der Waals surface area contributed by atoms with E-state index in [-0.39, 0.29) is 12.2 Å². The summed E-state index contributed by atoms with van der Waals surface area (Å²) in [5.41, 5.74) is 2.32. The van der Waals surface area contributed by atoms with E-state index < -0.39 is 12.0 Å². The molecule has 0 bridgehead atoms. The molecule has 1 aromatic heterocycles. The molecule has 0 fully saturated rings. The molecule has 0 amide bonds. The van der Waals surface area contributed by atoms with Crippen molar-refractivity contribution in [1.29, 1.82) is 0 Å². The summed E-state index contributed by atoms with van der Waals surface area (Å²) < 4.78 is 13.8. The highest BCUT2D eigenvalue weighted by molar-refractivity contribution is 9.10. The Kier molecular flexibility index (Phi) is 6.43. The Bertz CT molecular complexity index is 1390. The summed E-state index contributed by atoms with van der Waals surface area (Å²) in [4.78, 5) is 31.6. The number of halogens is 1. The molecule has 2 heterocycles. The van der Waals surface area contributed by atoms with Crippen LogP contribution in [-0.2, 0) is 9.53 Å². The smallest absolute Gasteiger partial charge is 0.338 e. The van der Waals surface area contributed by atoms with Crippen LogP contribution in [0.2, 0.25) is 0 Å². The Hall–Kier alpha value is -2.97. The molecule has 0 N–H and O–H groups in total. The number of hydrogen-bond donors (Lipinski definition) is 0. The van der Waals surface area contributed by atoms with Gasteiger partial charge in [0.2, 0.25) is 0 Å². The van der Waals surface area contributed by atoms with Gasteiger partial charge in [0.15, 0.2) is 4.80 Å². The van der Waals surface area contributed by atoms with Crippen molar-refractivity contribution in [2.75, 3.05) is 13.7 Å². The van der Waals surface area contributed by atoms with Gasteiger partial charge in [-0.25, -0.2) is 9.79 Å². The number of esters is 1. The van der Waals surface area contributed by atoms with Crippen molar-refractivity contribution in [3.63, 3.8) is 0 Å². The summed E-state index contributed by atoms with van der Waals surface area (Å²) in [5, 5.41) is 0. The van der Waals surface area contributed by atoms with Crippen molar-refractivity contribution in [1.82, 2.24) is 4.57 Å². The van der Waals surface area contributed by atoms with Gasteiger partial charge in [-0.15, -0.1) is 0 Å². The van der Waals surface area contributed by atoms with Crippen LogP contribution in [-0.4, -0.2) is 24.3 Å². The van der Waals surface area contributed by atoms with Crippen LogP contribution >= 0.6 is 27.3 Å². The molecule has 0 saturated heterocycles. The molecule has 1 unspecified atom stereocenters. The maximum Gasteiger partial charge on any atom is 0.338 e. The number of carbonyl (C=O) groups excluding carboxylic acids is 1. The summed E-state index contributed by atoms with van der Waals surface area (Å²) in [6, 6.07) is 14.4. The van der Waals surface area contributed by atoms with E-state index in [1.807, 2.05) is 54.6 Å². The molecule has 0 saturated carbocycles. The molecular weight excluding hydrogens is 492 g/mol. The van der Waals surface area contributed by atoms with Gasteiger partial charge < -0.3 is 9.47 Å². The number of ether oxygens (including phenoxy) is 2. The number of nitrogens with zero attached hydrogens (tertiary/aromatic N) is 2. The Labute approximate surface area is 197 Å². The molecule has 8 heteroatoms. The summed E-state index contributed by atoms with van der Waals surface area (Å²) in [6.45, 7) is 3.75. The van der Waals surface area contributed by atoms with Crippen LogP contribution in [0, 0.1) is 0 Å². The fourth-order valence-electron chi connectivity index (χ4n) is 3.63. The number of hydrogen-bond acceptors (Lipinski definition) is 6. The van der Waals surface area contributed by atoms with Crippen LogP contribution in [0.5, 0.6) is 5.75 Å². The Morgan fingerprint density at radius 2 is 2.00 bits per heavy atom. The normalized spacial score (nSPS) is 15.9. The molecular formula is C24H21BrN2O4S. The standard InChI is InChI=1S/C24H21BrN2O4S/c1-4-31-23(29)20-14(2)26-24-27(21(20)16-6-5-7-18(13-16)30-3)22(28)19(32-24)12-15-8-10-17(25)11-9-15/h5-13,21H,4H2,1-3H3/b19-12+. The second kappa shape index (κ2) is 9.26. The lowest BCUT2D eigenvalue weighted by Gasteiger charge is -2.25. The van der Waals surface area contributed by atoms with Gasteiger partial charge in [-0.2, -0.15) is 0 Å². The third-order valence-corrected chi connectivity index (χ3v) is 6.61.